The number of nitrogens with zero attached hydrogens (tertiary/aromatic N) is 2. The Kier molecular flexibility index (Phi) is 6.69. The Morgan fingerprint density at radius 2 is 1.91 bits per heavy atom. The number of imidazole rings is 1. The van der Waals surface area contributed by atoms with E-state index < -0.39 is 6.04 Å². The molecule has 0 bridgehead atoms. The first kappa shape index (κ1) is 22.7. The van der Waals surface area contributed by atoms with E-state index >= 15 is 0 Å². The molecule has 4 rings (SSSR count). The average Bonchev–Trinajstić information content (AvgIpc) is 3.45. The third-order valence-corrected chi connectivity index (χ3v) is 4.94. The lowest BCUT2D eigenvalue weighted by Gasteiger charge is -2.09. The van der Waals surface area contributed by atoms with Gasteiger partial charge in [-0.05, 0) is 68.5 Å². The molecular formula is C24H24N6O4. The fourth-order valence-corrected chi connectivity index (χ4v) is 3.34. The summed E-state index contributed by atoms with van der Waals surface area (Å²) >= 11 is 0. The third-order valence-electron chi connectivity index (χ3n) is 4.94. The molecule has 3 aromatic rings. The second-order valence-electron chi connectivity index (χ2n) is 7.47. The van der Waals surface area contributed by atoms with Crippen molar-refractivity contribution < 1.29 is 19.3 Å². The Morgan fingerprint density at radius 1 is 1.15 bits per heavy atom. The van der Waals surface area contributed by atoms with Crippen LogP contribution in [-0.4, -0.2) is 40.6 Å². The van der Waals surface area contributed by atoms with Gasteiger partial charge in [0.05, 0.1) is 11.0 Å². The Bertz CT molecular complexity index is 1310. The number of fused-ring (bicyclic) bond motifs is 1. The summed E-state index contributed by atoms with van der Waals surface area (Å²) in [5, 5.41) is 9.36. The maximum Gasteiger partial charge on any atom is 0.277 e. The van der Waals surface area contributed by atoms with Crippen LogP contribution in [0.15, 0.2) is 71.6 Å². The molecule has 0 radical (unpaired) electrons. The summed E-state index contributed by atoms with van der Waals surface area (Å²) in [5.41, 5.74) is 6.41. The molecule has 1 aliphatic rings. The summed E-state index contributed by atoms with van der Waals surface area (Å²) in [6, 6.07) is 12.2. The molecule has 0 fully saturated rings. The normalized spacial score (nSPS) is 15.8. The standard InChI is InChI=1S/C24H24N6O4/c1-4-5-19(29-33-3)23(31)26-17-10-11-18-20(13-17)28-22(27-18)15-6-8-16(9-7-15)25-24(32)21-12-14(2)34-30-21/h4-13,21,30H,1-3H3,(H,25,32)(H,26,31)(H,27,28)/b5-4+,29-19+. The summed E-state index contributed by atoms with van der Waals surface area (Å²) < 4.78 is 0. The van der Waals surface area contributed by atoms with Crippen LogP contribution in [0, 0.1) is 0 Å². The number of benzene rings is 2. The largest absolute Gasteiger partial charge is 0.413 e. The van der Waals surface area contributed by atoms with Crippen LogP contribution in [0.5, 0.6) is 0 Å². The fourth-order valence-electron chi connectivity index (χ4n) is 3.34. The van der Waals surface area contributed by atoms with E-state index in [-0.39, 0.29) is 17.5 Å². The second kappa shape index (κ2) is 10.0. The van der Waals surface area contributed by atoms with E-state index in [9.17, 15) is 9.59 Å². The number of carbonyl (C=O) groups excluding carboxylic acids is 2. The number of hydroxylamine groups is 1. The molecule has 1 atom stereocenters. The number of aromatic nitrogens is 2. The minimum Gasteiger partial charge on any atom is -0.413 e. The highest BCUT2D eigenvalue weighted by atomic mass is 16.7. The predicted molar refractivity (Wildman–Crippen MR) is 130 cm³/mol. The number of amides is 2. The molecule has 4 N–H and O–H groups in total. The number of oxime groups is 1. The third kappa shape index (κ3) is 5.13. The van der Waals surface area contributed by atoms with Crippen LogP contribution in [0.25, 0.3) is 22.4 Å². The molecule has 0 saturated carbocycles. The van der Waals surface area contributed by atoms with E-state index in [4.69, 9.17) is 9.68 Å². The van der Waals surface area contributed by atoms with E-state index in [0.717, 1.165) is 16.6 Å². The predicted octanol–water partition coefficient (Wildman–Crippen LogP) is 3.49. The molecule has 0 saturated heterocycles. The van der Waals surface area contributed by atoms with Gasteiger partial charge in [-0.1, -0.05) is 11.2 Å². The van der Waals surface area contributed by atoms with E-state index in [1.54, 1.807) is 56.3 Å². The van der Waals surface area contributed by atoms with Crippen LogP contribution in [0.1, 0.15) is 13.8 Å². The fraction of sp³-hybridized carbons (Fsp3) is 0.167. The number of carbonyl (C=O) groups is 2. The second-order valence-corrected chi connectivity index (χ2v) is 7.47. The SMILES string of the molecule is C/C=C/C(=N\OC)C(=O)Nc1ccc2nc(-c3ccc(NC(=O)C4C=C(C)ON4)cc3)[nH]c2c1. The van der Waals surface area contributed by atoms with Crippen molar-refractivity contribution in [3.8, 4) is 11.4 Å². The molecule has 0 spiro atoms. The van der Waals surface area contributed by atoms with Gasteiger partial charge < -0.3 is 25.3 Å². The van der Waals surface area contributed by atoms with Gasteiger partial charge in [-0.15, -0.1) is 5.48 Å². The van der Waals surface area contributed by atoms with Crippen molar-refractivity contribution >= 4 is 39.9 Å². The van der Waals surface area contributed by atoms with Crippen LogP contribution in [0.2, 0.25) is 0 Å². The first-order chi connectivity index (χ1) is 16.5. The Morgan fingerprint density at radius 3 is 2.59 bits per heavy atom. The maximum absolute atomic E-state index is 12.4. The summed E-state index contributed by atoms with van der Waals surface area (Å²) in [7, 11) is 1.38. The molecule has 2 aromatic carbocycles. The van der Waals surface area contributed by atoms with Crippen molar-refractivity contribution in [3.05, 3.63) is 66.5 Å². The van der Waals surface area contributed by atoms with Crippen molar-refractivity contribution in [3.63, 3.8) is 0 Å². The van der Waals surface area contributed by atoms with Gasteiger partial charge in [-0.25, -0.2) is 4.98 Å². The van der Waals surface area contributed by atoms with Crippen LogP contribution in [0.4, 0.5) is 11.4 Å². The van der Waals surface area contributed by atoms with E-state index in [0.29, 0.717) is 23.0 Å². The van der Waals surface area contributed by atoms with E-state index in [1.165, 1.54) is 7.11 Å². The minimum absolute atomic E-state index is 0.157. The van der Waals surface area contributed by atoms with Gasteiger partial charge in [0.15, 0.2) is 5.71 Å². The number of allylic oxidation sites excluding steroid dienone is 2. The number of hydrogen-bond acceptors (Lipinski definition) is 7. The van der Waals surface area contributed by atoms with Gasteiger partial charge in [0.1, 0.15) is 24.7 Å². The van der Waals surface area contributed by atoms with Gasteiger partial charge in [0.25, 0.3) is 5.91 Å². The number of nitrogens with one attached hydrogen (secondary N) is 4. The van der Waals surface area contributed by atoms with Gasteiger partial charge in [0.2, 0.25) is 5.91 Å². The number of hydrogen-bond donors (Lipinski definition) is 4. The van der Waals surface area contributed by atoms with Crippen molar-refractivity contribution in [2.75, 3.05) is 17.7 Å². The van der Waals surface area contributed by atoms with Crippen molar-refractivity contribution in [2.45, 2.75) is 19.9 Å². The van der Waals surface area contributed by atoms with E-state index in [1.807, 2.05) is 18.2 Å². The zero-order valence-electron chi connectivity index (χ0n) is 18.9. The lowest BCUT2D eigenvalue weighted by molar-refractivity contribution is -0.118. The summed E-state index contributed by atoms with van der Waals surface area (Å²) in [6.45, 7) is 3.56. The van der Waals surface area contributed by atoms with Crippen LogP contribution < -0.4 is 16.1 Å². The smallest absolute Gasteiger partial charge is 0.277 e. The minimum atomic E-state index is -0.528. The molecule has 1 aromatic heterocycles. The monoisotopic (exact) mass is 460 g/mol. The summed E-state index contributed by atoms with van der Waals surface area (Å²) in [6.07, 6.45) is 4.98. The van der Waals surface area contributed by atoms with Gasteiger partial charge in [-0.3, -0.25) is 9.59 Å². The molecule has 10 heteroatoms. The van der Waals surface area contributed by atoms with Gasteiger partial charge in [0, 0.05) is 16.9 Å². The van der Waals surface area contributed by atoms with Crippen molar-refractivity contribution in [2.24, 2.45) is 5.16 Å². The molecule has 1 unspecified atom stereocenters. The maximum atomic E-state index is 12.4. The highest BCUT2D eigenvalue weighted by Crippen LogP contribution is 2.24. The zero-order valence-corrected chi connectivity index (χ0v) is 18.9. The molecule has 2 heterocycles. The molecule has 1 aliphatic heterocycles. The van der Waals surface area contributed by atoms with Crippen molar-refractivity contribution in [1.29, 1.82) is 0 Å². The summed E-state index contributed by atoms with van der Waals surface area (Å²) in [5.74, 6) is 0.721. The number of aromatic amines is 1. The highest BCUT2D eigenvalue weighted by molar-refractivity contribution is 6.47. The lowest BCUT2D eigenvalue weighted by Crippen LogP contribution is -2.35. The quantitative estimate of drug-likeness (QED) is 0.315. The highest BCUT2D eigenvalue weighted by Gasteiger charge is 2.22. The Labute approximate surface area is 195 Å². The topological polar surface area (TPSA) is 130 Å². The number of anilines is 2. The number of H-pyrrole nitrogens is 1. The molecule has 34 heavy (non-hydrogen) atoms. The van der Waals surface area contributed by atoms with Crippen LogP contribution in [-0.2, 0) is 19.3 Å². The molecule has 10 nitrogen and oxygen atoms in total. The average molecular weight is 460 g/mol. The van der Waals surface area contributed by atoms with Gasteiger partial charge in [-0.2, -0.15) is 0 Å². The molecule has 2 amide bonds. The molecule has 174 valence electrons. The van der Waals surface area contributed by atoms with Gasteiger partial charge >= 0.3 is 0 Å². The molecular weight excluding hydrogens is 436 g/mol. The Hall–Kier alpha value is -4.44. The summed E-state index contributed by atoms with van der Waals surface area (Å²) in [4.78, 5) is 42.4. The first-order valence-electron chi connectivity index (χ1n) is 10.5. The first-order valence-corrected chi connectivity index (χ1v) is 10.5. The van der Waals surface area contributed by atoms with Crippen LogP contribution in [0.3, 0.4) is 0 Å². The number of rotatable bonds is 7. The molecule has 0 aliphatic carbocycles. The van der Waals surface area contributed by atoms with E-state index in [2.05, 4.69) is 31.2 Å². The van der Waals surface area contributed by atoms with Crippen molar-refractivity contribution in [1.82, 2.24) is 15.4 Å². The Balaban J connectivity index is 1.47. The zero-order chi connectivity index (χ0) is 24.1. The van der Waals surface area contributed by atoms with Crippen LogP contribution >= 0.6 is 0 Å². The lowest BCUT2D eigenvalue weighted by atomic mass is 10.2.